The molecular weight excluding hydrogens is 362 g/mol. The van der Waals surface area contributed by atoms with Crippen molar-refractivity contribution < 1.29 is 9.59 Å². The molecule has 8 heteroatoms. The van der Waals surface area contributed by atoms with Crippen molar-refractivity contribution in [1.82, 2.24) is 25.6 Å². The lowest BCUT2D eigenvalue weighted by molar-refractivity contribution is 0.0846. The Morgan fingerprint density at radius 1 is 0.963 bits per heavy atom. The zero-order valence-corrected chi connectivity index (χ0v) is 14.9. The molecule has 0 atom stereocenters. The number of nitrogens with zero attached hydrogens (tertiary/aromatic N) is 2. The number of carbonyl (C=O) groups excluding carboxylic acids is 2. The summed E-state index contributed by atoms with van der Waals surface area (Å²) in [6, 6.07) is 16.7. The predicted molar refractivity (Wildman–Crippen MR) is 103 cm³/mol. The van der Waals surface area contributed by atoms with E-state index in [-0.39, 0.29) is 11.6 Å². The molecule has 0 saturated heterocycles. The van der Waals surface area contributed by atoms with Gasteiger partial charge in [0, 0.05) is 18.0 Å². The molecule has 0 unspecified atom stereocenters. The first-order valence-electron chi connectivity index (χ1n) is 8.15. The smallest absolute Gasteiger partial charge is 0.287 e. The summed E-state index contributed by atoms with van der Waals surface area (Å²) in [6.07, 6.45) is 3.71. The van der Waals surface area contributed by atoms with E-state index in [1.807, 2.05) is 70.9 Å². The second-order valence-electron chi connectivity index (χ2n) is 5.67. The highest BCUT2D eigenvalue weighted by atomic mass is 32.1. The summed E-state index contributed by atoms with van der Waals surface area (Å²) in [4.78, 5) is 25.2. The van der Waals surface area contributed by atoms with Crippen LogP contribution in [0.25, 0.3) is 16.9 Å². The Labute approximate surface area is 158 Å². The van der Waals surface area contributed by atoms with Crippen LogP contribution in [0.4, 0.5) is 0 Å². The van der Waals surface area contributed by atoms with Gasteiger partial charge in [-0.3, -0.25) is 25.5 Å². The van der Waals surface area contributed by atoms with Crippen LogP contribution in [0.15, 0.2) is 72.4 Å². The zero-order valence-electron chi connectivity index (χ0n) is 14.0. The Morgan fingerprint density at radius 3 is 2.48 bits per heavy atom. The third-order valence-corrected chi connectivity index (χ3v) is 4.82. The lowest BCUT2D eigenvalue weighted by atomic mass is 10.1. The van der Waals surface area contributed by atoms with Crippen LogP contribution < -0.4 is 10.9 Å². The van der Waals surface area contributed by atoms with Crippen LogP contribution in [0.1, 0.15) is 20.2 Å². The Kier molecular flexibility index (Phi) is 4.54. The number of carbonyl (C=O) groups is 2. The molecule has 0 bridgehead atoms. The SMILES string of the molecule is O=C(NNC(=O)c1sccc1-n1cccc1)c1cc(-c2ccccc2)n[nH]1. The number of hydrogen-bond donors (Lipinski definition) is 3. The fourth-order valence-electron chi connectivity index (χ4n) is 2.60. The first kappa shape index (κ1) is 16.8. The molecule has 3 heterocycles. The maximum absolute atomic E-state index is 12.4. The van der Waals surface area contributed by atoms with Crippen molar-refractivity contribution in [3.05, 3.63) is 82.9 Å². The van der Waals surface area contributed by atoms with E-state index in [4.69, 9.17) is 0 Å². The number of hydrogen-bond acceptors (Lipinski definition) is 4. The van der Waals surface area contributed by atoms with Crippen molar-refractivity contribution in [2.24, 2.45) is 0 Å². The van der Waals surface area contributed by atoms with Crippen molar-refractivity contribution >= 4 is 23.2 Å². The highest BCUT2D eigenvalue weighted by Crippen LogP contribution is 2.21. The Hall–Kier alpha value is -3.65. The van der Waals surface area contributed by atoms with E-state index in [1.165, 1.54) is 11.3 Å². The second-order valence-corrected chi connectivity index (χ2v) is 6.58. The van der Waals surface area contributed by atoms with Gasteiger partial charge in [0.1, 0.15) is 10.6 Å². The minimum Gasteiger partial charge on any atom is -0.322 e. The number of hydrazine groups is 1. The average molecular weight is 377 g/mol. The van der Waals surface area contributed by atoms with Gasteiger partial charge in [0.15, 0.2) is 0 Å². The summed E-state index contributed by atoms with van der Waals surface area (Å²) < 4.78 is 1.84. The van der Waals surface area contributed by atoms with Crippen molar-refractivity contribution in [2.75, 3.05) is 0 Å². The Morgan fingerprint density at radius 2 is 1.70 bits per heavy atom. The predicted octanol–water partition coefficient (Wildman–Crippen LogP) is 3.00. The molecule has 0 saturated carbocycles. The highest BCUT2D eigenvalue weighted by molar-refractivity contribution is 7.12. The molecule has 3 aromatic heterocycles. The number of thiophene rings is 1. The molecule has 0 fully saturated rings. The van der Waals surface area contributed by atoms with Crippen molar-refractivity contribution in [3.8, 4) is 16.9 Å². The fraction of sp³-hybridized carbons (Fsp3) is 0. The number of rotatable bonds is 4. The van der Waals surface area contributed by atoms with Crippen molar-refractivity contribution in [3.63, 3.8) is 0 Å². The first-order chi connectivity index (χ1) is 13.2. The van der Waals surface area contributed by atoms with E-state index in [1.54, 1.807) is 6.07 Å². The lowest BCUT2D eigenvalue weighted by Gasteiger charge is -2.07. The molecule has 4 aromatic rings. The Bertz CT molecular complexity index is 1070. The van der Waals surface area contributed by atoms with Gasteiger partial charge in [-0.1, -0.05) is 30.3 Å². The van der Waals surface area contributed by atoms with Crippen LogP contribution >= 0.6 is 11.3 Å². The largest absolute Gasteiger partial charge is 0.322 e. The minimum absolute atomic E-state index is 0.256. The molecular formula is C19H15N5O2S. The maximum Gasteiger partial charge on any atom is 0.287 e. The molecule has 2 amide bonds. The number of H-pyrrole nitrogens is 1. The molecule has 0 spiro atoms. The lowest BCUT2D eigenvalue weighted by Crippen LogP contribution is -2.41. The van der Waals surface area contributed by atoms with Gasteiger partial charge < -0.3 is 4.57 Å². The van der Waals surface area contributed by atoms with Gasteiger partial charge >= 0.3 is 0 Å². The van der Waals surface area contributed by atoms with Gasteiger partial charge in [-0.25, -0.2) is 0 Å². The number of amides is 2. The fourth-order valence-corrected chi connectivity index (χ4v) is 3.39. The standard InChI is InChI=1S/C19H15N5O2S/c25-18(15-12-14(20-21-15)13-6-2-1-3-7-13)22-23-19(26)17-16(8-11-27-17)24-9-4-5-10-24/h1-12H,(H,20,21)(H,22,25)(H,23,26). The minimum atomic E-state index is -0.475. The molecule has 0 aliphatic carbocycles. The summed E-state index contributed by atoms with van der Waals surface area (Å²) in [6.45, 7) is 0. The molecule has 0 aliphatic rings. The molecule has 3 N–H and O–H groups in total. The molecule has 0 aliphatic heterocycles. The van der Waals surface area contributed by atoms with Crippen LogP contribution in [0.3, 0.4) is 0 Å². The topological polar surface area (TPSA) is 91.8 Å². The third kappa shape index (κ3) is 3.51. The van der Waals surface area contributed by atoms with Crippen LogP contribution in [0.5, 0.6) is 0 Å². The number of nitrogens with one attached hydrogen (secondary N) is 3. The molecule has 1 aromatic carbocycles. The molecule has 134 valence electrons. The molecule has 0 radical (unpaired) electrons. The van der Waals surface area contributed by atoms with Gasteiger partial charge in [0.05, 0.1) is 11.4 Å². The van der Waals surface area contributed by atoms with Crippen molar-refractivity contribution in [2.45, 2.75) is 0 Å². The van der Waals surface area contributed by atoms with E-state index in [9.17, 15) is 9.59 Å². The maximum atomic E-state index is 12.4. The first-order valence-corrected chi connectivity index (χ1v) is 9.02. The highest BCUT2D eigenvalue weighted by Gasteiger charge is 2.16. The van der Waals surface area contributed by atoms with E-state index in [0.717, 1.165) is 11.3 Å². The van der Waals surface area contributed by atoms with Gasteiger partial charge in [-0.2, -0.15) is 5.10 Å². The summed E-state index contributed by atoms with van der Waals surface area (Å²) in [5.41, 5.74) is 7.42. The van der Waals surface area contributed by atoms with Crippen LogP contribution in [0.2, 0.25) is 0 Å². The summed E-state index contributed by atoms with van der Waals surface area (Å²) in [5, 5.41) is 8.64. The number of aromatic nitrogens is 3. The van der Waals surface area contributed by atoms with Gasteiger partial charge in [0.25, 0.3) is 11.8 Å². The Balaban J connectivity index is 1.42. The number of aromatic amines is 1. The second kappa shape index (κ2) is 7.30. The van der Waals surface area contributed by atoms with E-state index in [0.29, 0.717) is 10.6 Å². The molecule has 27 heavy (non-hydrogen) atoms. The van der Waals surface area contributed by atoms with Gasteiger partial charge in [0.2, 0.25) is 0 Å². The summed E-state index contributed by atoms with van der Waals surface area (Å²) in [5.74, 6) is -0.859. The van der Waals surface area contributed by atoms with E-state index >= 15 is 0 Å². The molecule has 4 rings (SSSR count). The van der Waals surface area contributed by atoms with E-state index in [2.05, 4.69) is 21.0 Å². The van der Waals surface area contributed by atoms with Crippen molar-refractivity contribution in [1.29, 1.82) is 0 Å². The summed E-state index contributed by atoms with van der Waals surface area (Å²) in [7, 11) is 0. The van der Waals surface area contributed by atoms with Gasteiger partial charge in [-0.15, -0.1) is 11.3 Å². The van der Waals surface area contributed by atoms with Crippen LogP contribution in [-0.2, 0) is 0 Å². The molecule has 7 nitrogen and oxygen atoms in total. The zero-order chi connectivity index (χ0) is 18.6. The quantitative estimate of drug-likeness (QED) is 0.478. The monoisotopic (exact) mass is 377 g/mol. The van der Waals surface area contributed by atoms with Gasteiger partial charge in [-0.05, 0) is 29.6 Å². The summed E-state index contributed by atoms with van der Waals surface area (Å²) >= 11 is 1.30. The average Bonchev–Trinajstić information content (AvgIpc) is 3.47. The number of benzene rings is 1. The normalized spacial score (nSPS) is 10.5. The third-order valence-electron chi connectivity index (χ3n) is 3.91. The van der Waals surface area contributed by atoms with Crippen LogP contribution in [-0.4, -0.2) is 26.6 Å². The van der Waals surface area contributed by atoms with Crippen LogP contribution in [0, 0.1) is 0 Å². The van der Waals surface area contributed by atoms with E-state index < -0.39 is 5.91 Å².